The quantitative estimate of drug-likeness (QED) is 0.769. The van der Waals surface area contributed by atoms with Gasteiger partial charge in [-0.1, -0.05) is 39.7 Å². The van der Waals surface area contributed by atoms with Gasteiger partial charge >= 0.3 is 0 Å². The van der Waals surface area contributed by atoms with E-state index in [0.29, 0.717) is 0 Å². The van der Waals surface area contributed by atoms with Crippen LogP contribution in [-0.2, 0) is 5.33 Å². The molecule has 0 aliphatic carbocycles. The third kappa shape index (κ3) is 2.08. The number of hydrogen-bond acceptors (Lipinski definition) is 1. The average Bonchev–Trinajstić information content (AvgIpc) is 2.66. The standard InChI is InChI=1S/C11H10BrClN2/c1-8-3-2-4-10(13)11(8)15-6-9(5-12)14-7-15/h2-4,6-7H,5H2,1H3. The summed E-state index contributed by atoms with van der Waals surface area (Å²) in [4.78, 5) is 4.25. The molecule has 15 heavy (non-hydrogen) atoms. The highest BCUT2D eigenvalue weighted by molar-refractivity contribution is 9.08. The van der Waals surface area contributed by atoms with Crippen LogP contribution in [0.5, 0.6) is 0 Å². The zero-order valence-corrected chi connectivity index (χ0v) is 10.6. The first kappa shape index (κ1) is 10.7. The van der Waals surface area contributed by atoms with Crippen molar-refractivity contribution in [2.75, 3.05) is 0 Å². The molecule has 0 aliphatic heterocycles. The number of benzene rings is 1. The van der Waals surface area contributed by atoms with Gasteiger partial charge in [-0.15, -0.1) is 0 Å². The highest BCUT2D eigenvalue weighted by Gasteiger charge is 2.06. The van der Waals surface area contributed by atoms with Crippen molar-refractivity contribution in [3.05, 3.63) is 47.0 Å². The maximum Gasteiger partial charge on any atom is 0.0996 e. The molecule has 4 heteroatoms. The zero-order valence-electron chi connectivity index (χ0n) is 8.24. The summed E-state index contributed by atoms with van der Waals surface area (Å²) in [6.07, 6.45) is 3.76. The Kier molecular flexibility index (Phi) is 3.12. The summed E-state index contributed by atoms with van der Waals surface area (Å²) < 4.78 is 1.95. The summed E-state index contributed by atoms with van der Waals surface area (Å²) in [6.45, 7) is 2.04. The molecule has 78 valence electrons. The van der Waals surface area contributed by atoms with Crippen molar-refractivity contribution in [2.24, 2.45) is 0 Å². The topological polar surface area (TPSA) is 17.8 Å². The highest BCUT2D eigenvalue weighted by atomic mass is 79.9. The Bertz CT molecular complexity index is 459. The molecule has 0 fully saturated rings. The second-order valence-corrected chi connectivity index (χ2v) is 4.28. The molecule has 2 nitrogen and oxygen atoms in total. The summed E-state index contributed by atoms with van der Waals surface area (Å²) in [6, 6.07) is 5.87. The van der Waals surface area contributed by atoms with E-state index in [0.717, 1.165) is 27.3 Å². The number of nitrogens with zero attached hydrogens (tertiary/aromatic N) is 2. The second-order valence-electron chi connectivity index (χ2n) is 3.31. The van der Waals surface area contributed by atoms with E-state index in [1.807, 2.05) is 35.9 Å². The molecule has 0 spiro atoms. The molecule has 0 amide bonds. The van der Waals surface area contributed by atoms with Crippen molar-refractivity contribution < 1.29 is 0 Å². The maximum atomic E-state index is 6.16. The molecule has 0 saturated heterocycles. The Morgan fingerprint density at radius 3 is 2.87 bits per heavy atom. The van der Waals surface area contributed by atoms with Gasteiger partial charge in [0, 0.05) is 11.5 Å². The predicted octanol–water partition coefficient (Wildman–Crippen LogP) is 3.73. The molecule has 1 heterocycles. The molecular weight excluding hydrogens is 275 g/mol. The van der Waals surface area contributed by atoms with Crippen molar-refractivity contribution >= 4 is 27.5 Å². The fourth-order valence-corrected chi connectivity index (χ4v) is 2.11. The monoisotopic (exact) mass is 284 g/mol. The normalized spacial score (nSPS) is 10.6. The van der Waals surface area contributed by atoms with E-state index in [-0.39, 0.29) is 0 Å². The van der Waals surface area contributed by atoms with Gasteiger partial charge < -0.3 is 4.57 Å². The Hall–Kier alpha value is -0.800. The van der Waals surface area contributed by atoms with E-state index in [2.05, 4.69) is 20.9 Å². The lowest BCUT2D eigenvalue weighted by Gasteiger charge is -2.08. The van der Waals surface area contributed by atoms with Crippen LogP contribution in [0.15, 0.2) is 30.7 Å². The number of halogens is 2. The minimum Gasteiger partial charge on any atom is -0.304 e. The number of rotatable bonds is 2. The molecule has 0 aliphatic rings. The second kappa shape index (κ2) is 4.37. The van der Waals surface area contributed by atoms with Crippen LogP contribution in [-0.4, -0.2) is 9.55 Å². The summed E-state index contributed by atoms with van der Waals surface area (Å²) in [5.41, 5.74) is 3.13. The SMILES string of the molecule is Cc1cccc(Cl)c1-n1cnc(CBr)c1. The van der Waals surface area contributed by atoms with Crippen LogP contribution >= 0.6 is 27.5 Å². The lowest BCUT2D eigenvalue weighted by molar-refractivity contribution is 1.04. The number of imidazole rings is 1. The molecular formula is C11H10BrClN2. The smallest absolute Gasteiger partial charge is 0.0996 e. The first-order valence-corrected chi connectivity index (χ1v) is 6.06. The van der Waals surface area contributed by atoms with Gasteiger partial charge in [0.2, 0.25) is 0 Å². The van der Waals surface area contributed by atoms with Crippen molar-refractivity contribution in [2.45, 2.75) is 12.3 Å². The molecule has 0 unspecified atom stereocenters. The van der Waals surface area contributed by atoms with E-state index in [1.165, 1.54) is 0 Å². The summed E-state index contributed by atoms with van der Waals surface area (Å²) in [5.74, 6) is 0. The molecule has 1 aromatic carbocycles. The number of aryl methyl sites for hydroxylation is 1. The van der Waals surface area contributed by atoms with Crippen molar-refractivity contribution in [3.63, 3.8) is 0 Å². The van der Waals surface area contributed by atoms with E-state index in [1.54, 1.807) is 6.33 Å². The van der Waals surface area contributed by atoms with Crippen LogP contribution < -0.4 is 0 Å². The van der Waals surface area contributed by atoms with Crippen LogP contribution in [0, 0.1) is 6.92 Å². The van der Waals surface area contributed by atoms with Gasteiger partial charge in [-0.2, -0.15) is 0 Å². The molecule has 0 N–H and O–H groups in total. The molecule has 0 radical (unpaired) electrons. The fraction of sp³-hybridized carbons (Fsp3) is 0.182. The Labute approximate surface area is 102 Å². The largest absolute Gasteiger partial charge is 0.304 e. The van der Waals surface area contributed by atoms with Crippen LogP contribution in [0.2, 0.25) is 5.02 Å². The highest BCUT2D eigenvalue weighted by Crippen LogP contribution is 2.24. The van der Waals surface area contributed by atoms with Crippen molar-refractivity contribution in [1.29, 1.82) is 0 Å². The minimum absolute atomic E-state index is 0.744. The minimum atomic E-state index is 0.744. The number of alkyl halides is 1. The Morgan fingerprint density at radius 1 is 1.47 bits per heavy atom. The first-order chi connectivity index (χ1) is 7.22. The molecule has 0 saturated carbocycles. The van der Waals surface area contributed by atoms with Gasteiger partial charge in [0.05, 0.1) is 22.7 Å². The zero-order chi connectivity index (χ0) is 10.8. The van der Waals surface area contributed by atoms with Gasteiger partial charge in [-0.3, -0.25) is 0 Å². The lowest BCUT2D eigenvalue weighted by atomic mass is 10.2. The van der Waals surface area contributed by atoms with Gasteiger partial charge in [0.15, 0.2) is 0 Å². The van der Waals surface area contributed by atoms with Crippen LogP contribution in [0.1, 0.15) is 11.3 Å². The number of aromatic nitrogens is 2. The molecule has 2 aromatic rings. The molecule has 2 rings (SSSR count). The Balaban J connectivity index is 2.53. The van der Waals surface area contributed by atoms with Crippen LogP contribution in [0.4, 0.5) is 0 Å². The maximum absolute atomic E-state index is 6.16. The summed E-state index contributed by atoms with van der Waals surface area (Å²) in [5, 5.41) is 1.50. The molecule has 1 aromatic heterocycles. The van der Waals surface area contributed by atoms with Gasteiger partial charge in [-0.25, -0.2) is 4.98 Å². The van der Waals surface area contributed by atoms with E-state index in [4.69, 9.17) is 11.6 Å². The first-order valence-electron chi connectivity index (χ1n) is 4.56. The van der Waals surface area contributed by atoms with Crippen molar-refractivity contribution in [3.8, 4) is 5.69 Å². The van der Waals surface area contributed by atoms with Gasteiger partial charge in [0.25, 0.3) is 0 Å². The van der Waals surface area contributed by atoms with Crippen molar-refractivity contribution in [1.82, 2.24) is 9.55 Å². The van der Waals surface area contributed by atoms with Gasteiger partial charge in [-0.05, 0) is 18.6 Å². The van der Waals surface area contributed by atoms with E-state index >= 15 is 0 Å². The third-order valence-electron chi connectivity index (χ3n) is 2.22. The van der Waals surface area contributed by atoms with Crippen LogP contribution in [0.3, 0.4) is 0 Å². The molecule has 0 atom stereocenters. The van der Waals surface area contributed by atoms with Gasteiger partial charge in [0.1, 0.15) is 0 Å². The fourth-order valence-electron chi connectivity index (χ4n) is 1.50. The average molecular weight is 286 g/mol. The number of hydrogen-bond donors (Lipinski definition) is 0. The molecule has 0 bridgehead atoms. The third-order valence-corrected chi connectivity index (χ3v) is 3.10. The Morgan fingerprint density at radius 2 is 2.27 bits per heavy atom. The number of para-hydroxylation sites is 1. The summed E-state index contributed by atoms with van der Waals surface area (Å²) in [7, 11) is 0. The summed E-state index contributed by atoms with van der Waals surface area (Å²) >= 11 is 9.53. The van der Waals surface area contributed by atoms with E-state index < -0.39 is 0 Å². The van der Waals surface area contributed by atoms with E-state index in [9.17, 15) is 0 Å². The van der Waals surface area contributed by atoms with Crippen LogP contribution in [0.25, 0.3) is 5.69 Å². The lowest BCUT2D eigenvalue weighted by Crippen LogP contribution is -1.94. The predicted molar refractivity (Wildman–Crippen MR) is 65.9 cm³/mol.